The monoisotopic (exact) mass is 751 g/mol. The fourth-order valence-corrected chi connectivity index (χ4v) is 7.03. The van der Waals surface area contributed by atoms with Gasteiger partial charge in [0, 0.05) is 19.3 Å². The first-order chi connectivity index (χ1) is 26.0. The maximum atomic E-state index is 12.7. The summed E-state index contributed by atoms with van der Waals surface area (Å²) in [5.41, 5.74) is 0. The molecule has 0 saturated heterocycles. The molecule has 0 aromatic rings. The average molecular weight is 751 g/mol. The smallest absolute Gasteiger partial charge is 0.306 e. The molecule has 314 valence electrons. The van der Waals surface area contributed by atoms with Crippen LogP contribution in [-0.4, -0.2) is 37.2 Å². The van der Waals surface area contributed by atoms with E-state index in [1.807, 2.05) is 0 Å². The van der Waals surface area contributed by atoms with Crippen molar-refractivity contribution in [1.82, 2.24) is 0 Å². The van der Waals surface area contributed by atoms with Crippen molar-refractivity contribution >= 4 is 17.9 Å². The van der Waals surface area contributed by atoms with Gasteiger partial charge >= 0.3 is 17.9 Å². The number of unbranched alkanes of at least 4 members (excludes halogenated alkanes) is 32. The molecule has 0 unspecified atom stereocenters. The molecule has 0 aliphatic rings. The number of hydrogen-bond donors (Lipinski definition) is 0. The maximum absolute atomic E-state index is 12.7. The van der Waals surface area contributed by atoms with Gasteiger partial charge in [-0.15, -0.1) is 0 Å². The second-order valence-corrected chi connectivity index (χ2v) is 16.0. The van der Waals surface area contributed by atoms with Crippen LogP contribution in [0.1, 0.15) is 265 Å². The normalized spacial score (nSPS) is 11.3. The van der Waals surface area contributed by atoms with Gasteiger partial charge in [-0.2, -0.15) is 0 Å². The second kappa shape index (κ2) is 43.1. The molecule has 0 spiro atoms. The van der Waals surface area contributed by atoms with Crippen molar-refractivity contribution < 1.29 is 28.6 Å². The Balaban J connectivity index is 4.32. The lowest BCUT2D eigenvalue weighted by molar-refractivity contribution is -0.167. The molecular weight excluding hydrogens is 661 g/mol. The van der Waals surface area contributed by atoms with E-state index < -0.39 is 6.10 Å². The highest BCUT2D eigenvalue weighted by Gasteiger charge is 2.19. The Labute approximate surface area is 329 Å². The Morgan fingerprint density at radius 2 is 0.509 bits per heavy atom. The van der Waals surface area contributed by atoms with Crippen LogP contribution >= 0.6 is 0 Å². The minimum absolute atomic E-state index is 0.0626. The van der Waals surface area contributed by atoms with Crippen LogP contribution < -0.4 is 0 Å². The molecule has 0 aliphatic heterocycles. The Bertz CT molecular complexity index is 741. The van der Waals surface area contributed by atoms with E-state index >= 15 is 0 Å². The molecule has 0 aromatic heterocycles. The molecule has 0 amide bonds. The summed E-state index contributed by atoms with van der Waals surface area (Å²) in [4.78, 5) is 37.7. The van der Waals surface area contributed by atoms with E-state index in [0.717, 1.165) is 57.8 Å². The summed E-state index contributed by atoms with van der Waals surface area (Å²) in [6, 6.07) is 0. The molecular formula is C47H90O6. The minimum Gasteiger partial charge on any atom is -0.462 e. The lowest BCUT2D eigenvalue weighted by Gasteiger charge is -2.18. The lowest BCUT2D eigenvalue weighted by Crippen LogP contribution is -2.30. The van der Waals surface area contributed by atoms with Gasteiger partial charge in [-0.1, -0.05) is 226 Å². The third-order valence-electron chi connectivity index (χ3n) is 10.6. The summed E-state index contributed by atoms with van der Waals surface area (Å²) in [6.45, 7) is 6.64. The number of rotatable bonds is 43. The van der Waals surface area contributed by atoms with Crippen molar-refractivity contribution in [2.24, 2.45) is 0 Å². The predicted octanol–water partition coefficient (Wildman–Crippen LogP) is 14.9. The molecule has 6 nitrogen and oxygen atoms in total. The van der Waals surface area contributed by atoms with Gasteiger partial charge in [-0.25, -0.2) is 0 Å². The highest BCUT2D eigenvalue weighted by atomic mass is 16.6. The fraction of sp³-hybridized carbons (Fsp3) is 0.936. The van der Waals surface area contributed by atoms with Crippen molar-refractivity contribution in [3.8, 4) is 0 Å². The summed E-state index contributed by atoms with van der Waals surface area (Å²) < 4.78 is 16.7. The average Bonchev–Trinajstić information content (AvgIpc) is 3.15. The number of hydrogen-bond acceptors (Lipinski definition) is 6. The maximum Gasteiger partial charge on any atom is 0.306 e. The molecule has 0 aromatic carbocycles. The topological polar surface area (TPSA) is 78.9 Å². The highest BCUT2D eigenvalue weighted by molar-refractivity contribution is 5.71. The van der Waals surface area contributed by atoms with Gasteiger partial charge in [0.25, 0.3) is 0 Å². The largest absolute Gasteiger partial charge is 0.462 e. The number of esters is 3. The predicted molar refractivity (Wildman–Crippen MR) is 224 cm³/mol. The van der Waals surface area contributed by atoms with Crippen LogP contribution in [0.3, 0.4) is 0 Å². The zero-order valence-corrected chi connectivity index (χ0v) is 35.8. The second-order valence-electron chi connectivity index (χ2n) is 16.0. The van der Waals surface area contributed by atoms with Crippen LogP contribution in [0, 0.1) is 0 Å². The summed E-state index contributed by atoms with van der Waals surface area (Å²) in [5.74, 6) is -0.850. The van der Waals surface area contributed by atoms with Gasteiger partial charge in [0.1, 0.15) is 13.2 Å². The van der Waals surface area contributed by atoms with Gasteiger partial charge in [0.2, 0.25) is 0 Å². The van der Waals surface area contributed by atoms with E-state index in [-0.39, 0.29) is 31.1 Å². The van der Waals surface area contributed by atoms with E-state index in [1.165, 1.54) is 167 Å². The van der Waals surface area contributed by atoms with E-state index in [9.17, 15) is 14.4 Å². The first kappa shape index (κ1) is 51.4. The number of carbonyl (C=O) groups is 3. The van der Waals surface area contributed by atoms with Crippen LogP contribution in [0.4, 0.5) is 0 Å². The summed E-state index contributed by atoms with van der Waals surface area (Å²) in [7, 11) is 0. The lowest BCUT2D eigenvalue weighted by atomic mass is 10.0. The summed E-state index contributed by atoms with van der Waals surface area (Å²) in [5, 5.41) is 0. The zero-order valence-electron chi connectivity index (χ0n) is 35.8. The van der Waals surface area contributed by atoms with Gasteiger partial charge in [0.05, 0.1) is 0 Å². The van der Waals surface area contributed by atoms with E-state index in [1.54, 1.807) is 0 Å². The molecule has 0 bridgehead atoms. The van der Waals surface area contributed by atoms with Crippen LogP contribution in [0.5, 0.6) is 0 Å². The highest BCUT2D eigenvalue weighted by Crippen LogP contribution is 2.16. The van der Waals surface area contributed by atoms with E-state index in [0.29, 0.717) is 19.3 Å². The molecule has 0 N–H and O–H groups in total. The van der Waals surface area contributed by atoms with Gasteiger partial charge < -0.3 is 14.2 Å². The molecule has 0 rings (SSSR count). The van der Waals surface area contributed by atoms with Crippen molar-refractivity contribution in [2.45, 2.75) is 271 Å². The third kappa shape index (κ3) is 41.4. The van der Waals surface area contributed by atoms with Crippen LogP contribution in [0.2, 0.25) is 0 Å². The van der Waals surface area contributed by atoms with E-state index in [2.05, 4.69) is 20.8 Å². The molecule has 0 heterocycles. The van der Waals surface area contributed by atoms with Crippen LogP contribution in [0.25, 0.3) is 0 Å². The van der Waals surface area contributed by atoms with Crippen molar-refractivity contribution in [3.05, 3.63) is 0 Å². The van der Waals surface area contributed by atoms with Crippen LogP contribution in [0.15, 0.2) is 0 Å². The van der Waals surface area contributed by atoms with Crippen molar-refractivity contribution in [3.63, 3.8) is 0 Å². The minimum atomic E-state index is -0.757. The zero-order chi connectivity index (χ0) is 38.7. The molecule has 0 fully saturated rings. The number of ether oxygens (including phenoxy) is 3. The Morgan fingerprint density at radius 3 is 0.755 bits per heavy atom. The first-order valence-corrected chi connectivity index (χ1v) is 23.5. The Hall–Kier alpha value is -1.59. The summed E-state index contributed by atoms with van der Waals surface area (Å²) >= 11 is 0. The molecule has 53 heavy (non-hydrogen) atoms. The molecule has 0 aliphatic carbocycles. The first-order valence-electron chi connectivity index (χ1n) is 23.5. The Morgan fingerprint density at radius 1 is 0.302 bits per heavy atom. The standard InChI is InChI=1S/C47H90O6/c1-4-7-10-13-16-19-22-23-26-29-32-35-38-41-47(50)53-44(42-51-45(48)39-36-33-30-27-24-20-17-14-11-8-5-2)43-52-46(49)40-37-34-31-28-25-21-18-15-12-9-6-3/h44H,4-43H2,1-3H3. The molecule has 0 saturated carbocycles. The van der Waals surface area contributed by atoms with Gasteiger partial charge in [0.15, 0.2) is 6.10 Å². The van der Waals surface area contributed by atoms with Crippen molar-refractivity contribution in [2.75, 3.05) is 13.2 Å². The number of carbonyl (C=O) groups excluding carboxylic acids is 3. The van der Waals surface area contributed by atoms with Gasteiger partial charge in [-0.05, 0) is 19.3 Å². The van der Waals surface area contributed by atoms with E-state index in [4.69, 9.17) is 14.2 Å². The van der Waals surface area contributed by atoms with Crippen LogP contribution in [-0.2, 0) is 28.6 Å². The fourth-order valence-electron chi connectivity index (χ4n) is 7.03. The SMILES string of the molecule is CCCCCCCCCCCCCCCC(=O)OC(COC(=O)CCCCCCCCCCCCC)COC(=O)CCCCCCCCCCCCC. The van der Waals surface area contributed by atoms with Crippen molar-refractivity contribution in [1.29, 1.82) is 0 Å². The summed E-state index contributed by atoms with van der Waals surface area (Å²) in [6.07, 6.45) is 43.6. The quantitative estimate of drug-likeness (QED) is 0.0351. The Kier molecular flexibility index (Phi) is 41.8. The molecule has 0 radical (unpaired) electrons. The van der Waals surface area contributed by atoms with Gasteiger partial charge in [-0.3, -0.25) is 14.4 Å². The third-order valence-corrected chi connectivity index (χ3v) is 10.6. The molecule has 6 heteroatoms. The molecule has 0 atom stereocenters.